The molecule has 1 aliphatic rings. The van der Waals surface area contributed by atoms with Gasteiger partial charge in [-0.1, -0.05) is 30.3 Å². The van der Waals surface area contributed by atoms with Crippen LogP contribution in [0.15, 0.2) is 52.6 Å². The molecule has 33 heavy (non-hydrogen) atoms. The number of nitrogens with zero attached hydrogens (tertiary/aromatic N) is 6. The number of rotatable bonds is 4. The maximum Gasteiger partial charge on any atom is 0.324 e. The molecule has 3 rings (SSSR count). The van der Waals surface area contributed by atoms with Crippen molar-refractivity contribution >= 4 is 28.6 Å². The minimum Gasteiger partial charge on any atom is -0.497 e. The van der Waals surface area contributed by atoms with Crippen LogP contribution in [0.3, 0.4) is 0 Å². The van der Waals surface area contributed by atoms with Crippen LogP contribution in [0.1, 0.15) is 25.8 Å². The molecule has 2 N–H and O–H groups in total. The number of phenols is 1. The summed E-state index contributed by atoms with van der Waals surface area (Å²) in [6, 6.07) is 10.7. The minimum absolute atomic E-state index is 0.447. The molecule has 0 amide bonds. The standard InChI is InChI=1S/C13H17N3O.C6H3N3O7/c1-10-9-13(2,17)16(15-10)12(14-3)11-7-5-4-6-8-11;10-6-4(8(13)14)1-3(7(11)12)2-5(6)9(15)16/h4-8,17H,9H2,1-3H3;1-2,10H. The first-order valence-electron chi connectivity index (χ1n) is 9.28. The van der Waals surface area contributed by atoms with E-state index < -0.39 is 43.3 Å². The van der Waals surface area contributed by atoms with E-state index in [0.717, 1.165) is 11.3 Å². The van der Waals surface area contributed by atoms with E-state index in [0.29, 0.717) is 24.4 Å². The molecule has 2 aromatic carbocycles. The molecule has 0 aliphatic carbocycles. The summed E-state index contributed by atoms with van der Waals surface area (Å²) in [4.78, 5) is 32.0. The molecule has 0 saturated carbocycles. The van der Waals surface area contributed by atoms with Crippen LogP contribution < -0.4 is 0 Å². The number of non-ortho nitro benzene ring substituents is 1. The topological polar surface area (TPSA) is 198 Å². The number of phenolic OH excluding ortho intramolecular Hbond substituents is 1. The highest BCUT2D eigenvalue weighted by molar-refractivity contribution is 6.01. The van der Waals surface area contributed by atoms with E-state index in [4.69, 9.17) is 5.11 Å². The quantitative estimate of drug-likeness (QED) is 0.298. The number of aliphatic imine (C=N–C) groups is 1. The van der Waals surface area contributed by atoms with Crippen LogP contribution in [0.25, 0.3) is 0 Å². The molecule has 0 radical (unpaired) electrons. The fourth-order valence-corrected chi connectivity index (χ4v) is 3.06. The summed E-state index contributed by atoms with van der Waals surface area (Å²) in [6.45, 7) is 3.66. The molecule has 1 heterocycles. The number of benzene rings is 2. The summed E-state index contributed by atoms with van der Waals surface area (Å²) in [5.41, 5.74) is -2.13. The zero-order valence-electron chi connectivity index (χ0n) is 17.8. The second-order valence-corrected chi connectivity index (χ2v) is 7.06. The van der Waals surface area contributed by atoms with Gasteiger partial charge >= 0.3 is 11.4 Å². The fourth-order valence-electron chi connectivity index (χ4n) is 3.06. The predicted molar refractivity (Wildman–Crippen MR) is 117 cm³/mol. The average Bonchev–Trinajstić information content (AvgIpc) is 3.01. The van der Waals surface area contributed by atoms with E-state index in [1.165, 1.54) is 0 Å². The van der Waals surface area contributed by atoms with E-state index in [-0.39, 0.29) is 0 Å². The molecule has 14 heteroatoms. The van der Waals surface area contributed by atoms with Crippen molar-refractivity contribution in [3.63, 3.8) is 0 Å². The number of aromatic hydroxyl groups is 1. The number of hydrazone groups is 1. The Morgan fingerprint density at radius 1 is 1.06 bits per heavy atom. The van der Waals surface area contributed by atoms with Gasteiger partial charge in [0.15, 0.2) is 11.6 Å². The highest BCUT2D eigenvalue weighted by Gasteiger charge is 2.37. The van der Waals surface area contributed by atoms with E-state index in [2.05, 4.69) is 10.1 Å². The largest absolute Gasteiger partial charge is 0.497 e. The van der Waals surface area contributed by atoms with Gasteiger partial charge in [0.1, 0.15) is 0 Å². The maximum atomic E-state index is 10.4. The molecular weight excluding hydrogens is 440 g/mol. The lowest BCUT2D eigenvalue weighted by molar-refractivity contribution is -0.404. The predicted octanol–water partition coefficient (Wildman–Crippen LogP) is 2.97. The number of nitro groups is 3. The highest BCUT2D eigenvalue weighted by atomic mass is 16.6. The average molecular weight is 460 g/mol. The molecule has 174 valence electrons. The van der Waals surface area contributed by atoms with Crippen LogP contribution in [-0.2, 0) is 0 Å². The number of aliphatic hydroxyl groups is 1. The monoisotopic (exact) mass is 460 g/mol. The Morgan fingerprint density at radius 3 is 1.94 bits per heavy atom. The first-order valence-corrected chi connectivity index (χ1v) is 9.28. The fraction of sp³-hybridized carbons (Fsp3) is 0.263. The van der Waals surface area contributed by atoms with Crippen molar-refractivity contribution in [3.05, 3.63) is 78.4 Å². The van der Waals surface area contributed by atoms with Gasteiger partial charge in [-0.05, 0) is 13.8 Å². The highest BCUT2D eigenvalue weighted by Crippen LogP contribution is 2.39. The first kappa shape index (κ1) is 24.8. The summed E-state index contributed by atoms with van der Waals surface area (Å²) in [7, 11) is 1.71. The maximum absolute atomic E-state index is 10.4. The Balaban J connectivity index is 0.000000234. The van der Waals surface area contributed by atoms with E-state index >= 15 is 0 Å². The summed E-state index contributed by atoms with van der Waals surface area (Å²) < 4.78 is 0. The van der Waals surface area contributed by atoms with Gasteiger partial charge in [0.2, 0.25) is 0 Å². The number of nitro benzene ring substituents is 3. The first-order chi connectivity index (χ1) is 15.4. The number of amidine groups is 1. The van der Waals surface area contributed by atoms with Crippen LogP contribution in [0.2, 0.25) is 0 Å². The van der Waals surface area contributed by atoms with Gasteiger partial charge < -0.3 is 10.2 Å². The Kier molecular flexibility index (Phi) is 7.35. The molecule has 0 spiro atoms. The lowest BCUT2D eigenvalue weighted by Gasteiger charge is -2.29. The SMILES string of the molecule is CN=C(c1ccccc1)N1N=C(C)CC1(C)O.O=[N+]([O-])c1cc([N+](=O)[O-])c(O)c([N+](=O)[O-])c1. The third-order valence-corrected chi connectivity index (χ3v) is 4.42. The molecule has 1 unspecified atom stereocenters. The molecule has 14 nitrogen and oxygen atoms in total. The zero-order chi connectivity index (χ0) is 24.9. The van der Waals surface area contributed by atoms with Crippen molar-refractivity contribution in [1.82, 2.24) is 5.01 Å². The normalized spacial score (nSPS) is 17.6. The summed E-state index contributed by atoms with van der Waals surface area (Å²) in [6.07, 6.45) is 0.541. The molecular formula is C19H20N6O8. The molecule has 2 aromatic rings. The minimum atomic E-state index is -1.21. The second kappa shape index (κ2) is 9.78. The van der Waals surface area contributed by atoms with Crippen LogP contribution in [0, 0.1) is 30.3 Å². The molecule has 0 bridgehead atoms. The van der Waals surface area contributed by atoms with E-state index in [1.807, 2.05) is 37.3 Å². The molecule has 0 fully saturated rings. The molecule has 1 atom stereocenters. The van der Waals surface area contributed by atoms with Gasteiger partial charge in [0, 0.05) is 24.7 Å². The third-order valence-electron chi connectivity index (χ3n) is 4.42. The van der Waals surface area contributed by atoms with Crippen LogP contribution in [0.4, 0.5) is 17.1 Å². The van der Waals surface area contributed by atoms with Crippen molar-refractivity contribution < 1.29 is 25.0 Å². The van der Waals surface area contributed by atoms with Crippen molar-refractivity contribution in [2.24, 2.45) is 10.1 Å². The Morgan fingerprint density at radius 2 is 1.58 bits per heavy atom. The summed E-state index contributed by atoms with van der Waals surface area (Å²) in [5.74, 6) is -0.520. The third kappa shape index (κ3) is 5.62. The van der Waals surface area contributed by atoms with Crippen molar-refractivity contribution in [1.29, 1.82) is 0 Å². The lowest BCUT2D eigenvalue weighted by atomic mass is 10.1. The van der Waals surface area contributed by atoms with Crippen LogP contribution in [-0.4, -0.2) is 54.3 Å². The summed E-state index contributed by atoms with van der Waals surface area (Å²) >= 11 is 0. The van der Waals surface area contributed by atoms with Crippen molar-refractivity contribution in [3.8, 4) is 5.75 Å². The van der Waals surface area contributed by atoms with Gasteiger partial charge in [-0.2, -0.15) is 5.10 Å². The molecule has 0 aromatic heterocycles. The Labute approximate surface area is 186 Å². The van der Waals surface area contributed by atoms with Crippen LogP contribution >= 0.6 is 0 Å². The Hall–Kier alpha value is -4.46. The van der Waals surface area contributed by atoms with E-state index in [1.54, 1.807) is 19.0 Å². The number of hydrogen-bond acceptors (Lipinski definition) is 10. The van der Waals surface area contributed by atoms with Gasteiger partial charge in [-0.25, -0.2) is 5.01 Å². The lowest BCUT2D eigenvalue weighted by Crippen LogP contribution is -2.43. The van der Waals surface area contributed by atoms with Gasteiger partial charge in [-0.15, -0.1) is 0 Å². The summed E-state index contributed by atoms with van der Waals surface area (Å²) in [5, 5.41) is 56.5. The van der Waals surface area contributed by atoms with Crippen LogP contribution in [0.5, 0.6) is 5.75 Å². The van der Waals surface area contributed by atoms with Gasteiger partial charge in [0.05, 0.1) is 26.9 Å². The zero-order valence-corrected chi connectivity index (χ0v) is 17.8. The Bertz CT molecular complexity index is 1110. The molecule has 0 saturated heterocycles. The van der Waals surface area contributed by atoms with Crippen molar-refractivity contribution in [2.75, 3.05) is 7.05 Å². The van der Waals surface area contributed by atoms with Gasteiger partial charge in [-0.3, -0.25) is 35.3 Å². The molecule has 1 aliphatic heterocycles. The second-order valence-electron chi connectivity index (χ2n) is 7.06. The smallest absolute Gasteiger partial charge is 0.324 e. The van der Waals surface area contributed by atoms with E-state index in [9.17, 15) is 35.4 Å². The van der Waals surface area contributed by atoms with Gasteiger partial charge in [0.25, 0.3) is 11.4 Å². The number of hydrogen-bond donors (Lipinski definition) is 2. The van der Waals surface area contributed by atoms with Crippen molar-refractivity contribution in [2.45, 2.75) is 26.0 Å².